The number of rotatable bonds is 4. The number of halogens is 3. The molecule has 0 saturated carbocycles. The first kappa shape index (κ1) is 20.0. The van der Waals surface area contributed by atoms with Crippen molar-refractivity contribution in [2.45, 2.75) is 38.3 Å². The molecular formula is C20H21F3N2O3. The van der Waals surface area contributed by atoms with Gasteiger partial charge in [0.05, 0.1) is 6.10 Å². The molecule has 2 aromatic rings. The molecule has 5 nitrogen and oxygen atoms in total. The minimum absolute atomic E-state index is 0.160. The zero-order valence-corrected chi connectivity index (χ0v) is 15.3. The molecule has 2 aromatic carbocycles. The molecule has 2 N–H and O–H groups in total. The third-order valence-corrected chi connectivity index (χ3v) is 4.70. The minimum atomic E-state index is -4.74. The molecule has 8 heteroatoms. The number of alkyl halides is 3. The van der Waals surface area contributed by atoms with Crippen LogP contribution in [0.3, 0.4) is 0 Å². The van der Waals surface area contributed by atoms with Gasteiger partial charge in [-0.15, -0.1) is 13.2 Å². The molecule has 1 aliphatic carbocycles. The van der Waals surface area contributed by atoms with Gasteiger partial charge in [-0.3, -0.25) is 4.90 Å². The van der Waals surface area contributed by atoms with E-state index in [1.165, 1.54) is 29.2 Å². The van der Waals surface area contributed by atoms with Crippen LogP contribution in [0, 0.1) is 0 Å². The number of fused-ring (bicyclic) bond motifs is 1. The molecule has 150 valence electrons. The molecule has 1 aliphatic rings. The maximum atomic E-state index is 12.5. The molecule has 0 radical (unpaired) electrons. The maximum Gasteiger partial charge on any atom is 0.573 e. The number of hydrogen-bond donors (Lipinski definition) is 2. The highest BCUT2D eigenvalue weighted by Gasteiger charge is 2.31. The second kappa shape index (κ2) is 8.10. The highest BCUT2D eigenvalue weighted by atomic mass is 19.4. The predicted molar refractivity (Wildman–Crippen MR) is 98.2 cm³/mol. The van der Waals surface area contributed by atoms with Crippen LogP contribution in [0.1, 0.15) is 23.1 Å². The number of urea groups is 1. The largest absolute Gasteiger partial charge is 0.573 e. The van der Waals surface area contributed by atoms with Crippen molar-refractivity contribution < 1.29 is 27.8 Å². The Bertz CT molecular complexity index is 838. The van der Waals surface area contributed by atoms with Crippen LogP contribution in [0.4, 0.5) is 23.7 Å². The normalized spacial score (nSPS) is 16.2. The van der Waals surface area contributed by atoms with E-state index in [0.717, 1.165) is 23.2 Å². The van der Waals surface area contributed by atoms with Crippen LogP contribution in [0.15, 0.2) is 42.5 Å². The lowest BCUT2D eigenvalue weighted by Gasteiger charge is -2.27. The Labute approximate surface area is 160 Å². The molecule has 0 spiro atoms. The number of carbonyl (C=O) groups excluding carboxylic acids is 1. The number of aryl methyl sites for hydroxylation is 1. The zero-order valence-electron chi connectivity index (χ0n) is 15.3. The second-order valence-corrected chi connectivity index (χ2v) is 6.72. The number of amides is 2. The molecule has 1 unspecified atom stereocenters. The van der Waals surface area contributed by atoms with E-state index >= 15 is 0 Å². The molecule has 0 aliphatic heterocycles. The summed E-state index contributed by atoms with van der Waals surface area (Å²) in [6.07, 6.45) is -3.17. The monoisotopic (exact) mass is 394 g/mol. The number of anilines is 1. The summed E-state index contributed by atoms with van der Waals surface area (Å²) < 4.78 is 40.4. The Morgan fingerprint density at radius 2 is 1.96 bits per heavy atom. The Hall–Kier alpha value is -2.74. The number of ether oxygens (including phenoxy) is 1. The van der Waals surface area contributed by atoms with Crippen molar-refractivity contribution in [1.29, 1.82) is 0 Å². The Balaban J connectivity index is 1.63. The molecular weight excluding hydrogens is 373 g/mol. The number of aliphatic hydroxyl groups excluding tert-OH is 1. The fourth-order valence-corrected chi connectivity index (χ4v) is 3.28. The predicted octanol–water partition coefficient (Wildman–Crippen LogP) is 3.78. The van der Waals surface area contributed by atoms with Gasteiger partial charge in [0.2, 0.25) is 0 Å². The van der Waals surface area contributed by atoms with E-state index in [2.05, 4.69) is 10.1 Å². The van der Waals surface area contributed by atoms with Gasteiger partial charge in [0.1, 0.15) is 5.75 Å². The van der Waals surface area contributed by atoms with Gasteiger partial charge in [0.15, 0.2) is 0 Å². The minimum Gasteiger partial charge on any atom is -0.406 e. The van der Waals surface area contributed by atoms with E-state index in [0.29, 0.717) is 18.4 Å². The lowest BCUT2D eigenvalue weighted by Crippen LogP contribution is -2.38. The van der Waals surface area contributed by atoms with Crippen LogP contribution in [0.5, 0.6) is 5.75 Å². The molecule has 0 fully saturated rings. The van der Waals surface area contributed by atoms with Gasteiger partial charge in [0, 0.05) is 25.7 Å². The molecule has 0 bridgehead atoms. The summed E-state index contributed by atoms with van der Waals surface area (Å²) in [5.41, 5.74) is 3.47. The highest BCUT2D eigenvalue weighted by molar-refractivity contribution is 5.92. The third kappa shape index (κ3) is 4.95. The van der Waals surface area contributed by atoms with Gasteiger partial charge in [-0.1, -0.05) is 24.3 Å². The number of hydrogen-bond acceptors (Lipinski definition) is 3. The summed E-state index contributed by atoms with van der Waals surface area (Å²) in [5.74, 6) is -0.311. The average Bonchev–Trinajstić information content (AvgIpc) is 2.65. The number of nitrogens with one attached hydrogen (secondary N) is 1. The third-order valence-electron chi connectivity index (χ3n) is 4.70. The summed E-state index contributed by atoms with van der Waals surface area (Å²) in [7, 11) is 1.65. The number of nitrogens with zero attached hydrogens (tertiary/aromatic N) is 1. The van der Waals surface area contributed by atoms with Crippen LogP contribution in [0.2, 0.25) is 0 Å². The average molecular weight is 394 g/mol. The van der Waals surface area contributed by atoms with Gasteiger partial charge in [-0.25, -0.2) is 4.79 Å². The van der Waals surface area contributed by atoms with Gasteiger partial charge in [-0.05, 0) is 47.7 Å². The molecule has 1 atom stereocenters. The summed E-state index contributed by atoms with van der Waals surface area (Å²) in [4.78, 5) is 14.0. The fraction of sp³-hybridized carbons (Fsp3) is 0.350. The van der Waals surface area contributed by atoms with Crippen LogP contribution in [-0.2, 0) is 19.4 Å². The smallest absolute Gasteiger partial charge is 0.406 e. The number of benzene rings is 2. The van der Waals surface area contributed by atoms with Gasteiger partial charge < -0.3 is 15.2 Å². The fourth-order valence-electron chi connectivity index (χ4n) is 3.28. The van der Waals surface area contributed by atoms with Crippen molar-refractivity contribution in [3.05, 3.63) is 59.2 Å². The number of carbonyl (C=O) groups is 1. The first-order valence-electron chi connectivity index (χ1n) is 8.88. The molecule has 0 aromatic heterocycles. The van der Waals surface area contributed by atoms with E-state index in [9.17, 15) is 23.1 Å². The van der Waals surface area contributed by atoms with Crippen molar-refractivity contribution in [1.82, 2.24) is 5.32 Å². The molecule has 2 amide bonds. The van der Waals surface area contributed by atoms with Crippen molar-refractivity contribution >= 4 is 11.7 Å². The lowest BCUT2D eigenvalue weighted by atomic mass is 9.88. The lowest BCUT2D eigenvalue weighted by molar-refractivity contribution is -0.274. The Kier molecular flexibility index (Phi) is 5.79. The van der Waals surface area contributed by atoms with Crippen molar-refractivity contribution in [2.75, 3.05) is 11.9 Å². The van der Waals surface area contributed by atoms with Crippen molar-refractivity contribution in [3.8, 4) is 5.75 Å². The van der Waals surface area contributed by atoms with Gasteiger partial charge >= 0.3 is 12.4 Å². The quantitative estimate of drug-likeness (QED) is 0.830. The first-order valence-corrected chi connectivity index (χ1v) is 8.88. The van der Waals surface area contributed by atoms with Gasteiger partial charge in [0.25, 0.3) is 0 Å². The van der Waals surface area contributed by atoms with E-state index < -0.39 is 12.5 Å². The van der Waals surface area contributed by atoms with Crippen LogP contribution >= 0.6 is 0 Å². The molecule has 28 heavy (non-hydrogen) atoms. The summed E-state index contributed by atoms with van der Waals surface area (Å²) in [5, 5.41) is 12.7. The number of aliphatic hydroxyl groups is 1. The van der Waals surface area contributed by atoms with Gasteiger partial charge in [-0.2, -0.15) is 0 Å². The Morgan fingerprint density at radius 3 is 2.64 bits per heavy atom. The van der Waals surface area contributed by atoms with E-state index in [1.54, 1.807) is 7.05 Å². The SMILES string of the molecule is CN(C(=O)NCc1ccc(OC(F)(F)F)cc1)c1cccc2c1CC(O)CC2. The summed E-state index contributed by atoms with van der Waals surface area (Å²) in [6, 6.07) is 10.7. The van der Waals surface area contributed by atoms with E-state index in [1.807, 2.05) is 18.2 Å². The van der Waals surface area contributed by atoms with Crippen LogP contribution in [-0.4, -0.2) is 30.7 Å². The highest BCUT2D eigenvalue weighted by Crippen LogP contribution is 2.30. The summed E-state index contributed by atoms with van der Waals surface area (Å²) >= 11 is 0. The molecule has 0 heterocycles. The summed E-state index contributed by atoms with van der Waals surface area (Å²) in [6.45, 7) is 0.160. The first-order chi connectivity index (χ1) is 13.2. The van der Waals surface area contributed by atoms with Crippen molar-refractivity contribution in [2.24, 2.45) is 0 Å². The van der Waals surface area contributed by atoms with Crippen molar-refractivity contribution in [3.63, 3.8) is 0 Å². The van der Waals surface area contributed by atoms with Crippen LogP contribution < -0.4 is 15.0 Å². The molecule has 0 saturated heterocycles. The molecule has 3 rings (SSSR count). The Morgan fingerprint density at radius 1 is 1.25 bits per heavy atom. The van der Waals surface area contributed by atoms with E-state index in [4.69, 9.17) is 0 Å². The maximum absolute atomic E-state index is 12.5. The topological polar surface area (TPSA) is 61.8 Å². The van der Waals surface area contributed by atoms with E-state index in [-0.39, 0.29) is 18.3 Å². The second-order valence-electron chi connectivity index (χ2n) is 6.72. The standard InChI is InChI=1S/C20H21F3N2O3/c1-25(18-4-2-3-14-7-8-15(26)11-17(14)18)19(27)24-12-13-5-9-16(10-6-13)28-20(21,22)23/h2-6,9-10,15,26H,7-8,11-12H2,1H3,(H,24,27). The zero-order chi connectivity index (χ0) is 20.3. The van der Waals surface area contributed by atoms with Crippen LogP contribution in [0.25, 0.3) is 0 Å².